The molecule has 0 bridgehead atoms. The van der Waals surface area contributed by atoms with Crippen LogP contribution < -0.4 is 0 Å². The molecular formula is C31H50N2. The van der Waals surface area contributed by atoms with Gasteiger partial charge in [0.2, 0.25) is 0 Å². The third-order valence-corrected chi connectivity index (χ3v) is 11.3. The Balaban J connectivity index is 1.46. The van der Waals surface area contributed by atoms with Crippen molar-refractivity contribution in [3.8, 4) is 12.1 Å². The van der Waals surface area contributed by atoms with Gasteiger partial charge in [-0.2, -0.15) is 10.5 Å². The molecule has 0 radical (unpaired) electrons. The van der Waals surface area contributed by atoms with Gasteiger partial charge < -0.3 is 0 Å². The summed E-state index contributed by atoms with van der Waals surface area (Å²) >= 11 is 0. The zero-order chi connectivity index (χ0) is 23.3. The second-order valence-corrected chi connectivity index (χ2v) is 12.9. The number of hydrogen-bond acceptors (Lipinski definition) is 2. The molecule has 4 fully saturated rings. The van der Waals surface area contributed by atoms with E-state index in [1.807, 2.05) is 0 Å². The number of hydrogen-bond donors (Lipinski definition) is 0. The second-order valence-electron chi connectivity index (χ2n) is 12.9. The van der Waals surface area contributed by atoms with E-state index in [1.165, 1.54) is 96.3 Å². The van der Waals surface area contributed by atoms with Gasteiger partial charge in [-0.05, 0) is 86.9 Å². The maximum atomic E-state index is 10.7. The van der Waals surface area contributed by atoms with Crippen molar-refractivity contribution in [2.75, 3.05) is 0 Å². The summed E-state index contributed by atoms with van der Waals surface area (Å²) in [6.45, 7) is 4.67. The van der Waals surface area contributed by atoms with E-state index >= 15 is 0 Å². The van der Waals surface area contributed by atoms with E-state index in [4.69, 9.17) is 0 Å². The minimum absolute atomic E-state index is 0.385. The summed E-state index contributed by atoms with van der Waals surface area (Å²) in [7, 11) is 0. The molecular weight excluding hydrogens is 400 g/mol. The van der Waals surface area contributed by atoms with Gasteiger partial charge in [0.15, 0.2) is 0 Å². The van der Waals surface area contributed by atoms with Gasteiger partial charge in [0.25, 0.3) is 0 Å². The maximum Gasteiger partial charge on any atom is 0.0762 e. The Morgan fingerprint density at radius 3 is 1.45 bits per heavy atom. The number of rotatable bonds is 6. The maximum absolute atomic E-state index is 10.7. The van der Waals surface area contributed by atoms with Gasteiger partial charge in [-0.15, -0.1) is 0 Å². The van der Waals surface area contributed by atoms with Gasteiger partial charge in [0, 0.05) is 0 Å². The van der Waals surface area contributed by atoms with Crippen LogP contribution in [-0.4, -0.2) is 0 Å². The fraction of sp³-hybridized carbons (Fsp3) is 0.935. The van der Waals surface area contributed by atoms with Gasteiger partial charge in [-0.1, -0.05) is 84.5 Å². The van der Waals surface area contributed by atoms with E-state index in [0.29, 0.717) is 11.8 Å². The molecule has 0 aliphatic heterocycles. The highest BCUT2D eigenvalue weighted by atomic mass is 14.6. The SMILES string of the molecule is CCCC1CCC(C2CCCC(C#N)(C3(C#N)CCCC(C4CCC(CC)CC4)C3)C2)CC1. The molecule has 4 aliphatic carbocycles. The molecule has 0 spiro atoms. The summed E-state index contributed by atoms with van der Waals surface area (Å²) < 4.78 is 0. The van der Waals surface area contributed by atoms with Crippen LogP contribution in [0.5, 0.6) is 0 Å². The van der Waals surface area contributed by atoms with Crippen LogP contribution in [0.15, 0.2) is 0 Å². The van der Waals surface area contributed by atoms with E-state index in [2.05, 4.69) is 26.0 Å². The van der Waals surface area contributed by atoms with Crippen molar-refractivity contribution >= 4 is 0 Å². The summed E-state index contributed by atoms with van der Waals surface area (Å²) in [6, 6.07) is 5.79. The third kappa shape index (κ3) is 5.16. The lowest BCUT2D eigenvalue weighted by atomic mass is 9.48. The summed E-state index contributed by atoms with van der Waals surface area (Å²) in [6.07, 6.45) is 24.1. The predicted molar refractivity (Wildman–Crippen MR) is 136 cm³/mol. The Hall–Kier alpha value is -1.02. The molecule has 4 saturated carbocycles. The molecule has 2 heteroatoms. The Labute approximate surface area is 204 Å². The van der Waals surface area contributed by atoms with Crippen LogP contribution in [0.25, 0.3) is 0 Å². The predicted octanol–water partition coefficient (Wildman–Crippen LogP) is 9.21. The Morgan fingerprint density at radius 1 is 0.606 bits per heavy atom. The lowest BCUT2D eigenvalue weighted by Gasteiger charge is -2.52. The first kappa shape index (κ1) is 25.1. The van der Waals surface area contributed by atoms with Crippen LogP contribution in [0, 0.1) is 69.0 Å². The molecule has 0 N–H and O–H groups in total. The Bertz CT molecular complexity index is 699. The summed E-state index contributed by atoms with van der Waals surface area (Å²) in [5, 5.41) is 21.4. The first-order chi connectivity index (χ1) is 16.1. The van der Waals surface area contributed by atoms with E-state index in [1.54, 1.807) is 0 Å². The molecule has 0 saturated heterocycles. The second kappa shape index (κ2) is 11.1. The minimum atomic E-state index is -0.385. The zero-order valence-corrected chi connectivity index (χ0v) is 21.8. The lowest BCUT2D eigenvalue weighted by Crippen LogP contribution is -2.48. The molecule has 4 rings (SSSR count). The van der Waals surface area contributed by atoms with Gasteiger partial charge in [0.05, 0.1) is 23.0 Å². The lowest BCUT2D eigenvalue weighted by molar-refractivity contribution is -0.0115. The molecule has 33 heavy (non-hydrogen) atoms. The van der Waals surface area contributed by atoms with Crippen molar-refractivity contribution in [3.05, 3.63) is 0 Å². The minimum Gasteiger partial charge on any atom is -0.198 e. The first-order valence-corrected chi connectivity index (χ1v) is 14.9. The molecule has 4 atom stereocenters. The fourth-order valence-electron chi connectivity index (χ4n) is 9.15. The van der Waals surface area contributed by atoms with Gasteiger partial charge in [-0.3, -0.25) is 0 Å². The Kier molecular flexibility index (Phi) is 8.47. The topological polar surface area (TPSA) is 47.6 Å². The van der Waals surface area contributed by atoms with E-state index < -0.39 is 0 Å². The quantitative estimate of drug-likeness (QED) is 0.405. The molecule has 0 amide bonds. The van der Waals surface area contributed by atoms with Crippen molar-refractivity contribution in [1.29, 1.82) is 10.5 Å². The molecule has 184 valence electrons. The highest BCUT2D eigenvalue weighted by Crippen LogP contribution is 2.61. The summed E-state index contributed by atoms with van der Waals surface area (Å²) in [5.74, 6) is 4.87. The van der Waals surface area contributed by atoms with Gasteiger partial charge in [-0.25, -0.2) is 0 Å². The van der Waals surface area contributed by atoms with Crippen molar-refractivity contribution in [1.82, 2.24) is 0 Å². The zero-order valence-electron chi connectivity index (χ0n) is 21.8. The van der Waals surface area contributed by atoms with Gasteiger partial charge in [0.1, 0.15) is 0 Å². The average molecular weight is 451 g/mol. The summed E-state index contributed by atoms with van der Waals surface area (Å²) in [4.78, 5) is 0. The molecule has 0 aromatic carbocycles. The van der Waals surface area contributed by atoms with Crippen LogP contribution in [0.3, 0.4) is 0 Å². The van der Waals surface area contributed by atoms with Crippen molar-refractivity contribution in [3.63, 3.8) is 0 Å². The molecule has 0 heterocycles. The molecule has 2 nitrogen and oxygen atoms in total. The highest BCUT2D eigenvalue weighted by Gasteiger charge is 2.57. The largest absolute Gasteiger partial charge is 0.198 e. The standard InChI is InChI=1S/C31H50N2/c1-3-7-25-12-16-27(17-13-25)29-9-6-19-31(21-29,23-33)30(22-32)18-5-8-28(20-30)26-14-10-24(4-2)11-15-26/h24-29H,3-21H2,1-2H3. The monoisotopic (exact) mass is 450 g/mol. The molecule has 4 unspecified atom stereocenters. The van der Waals surface area contributed by atoms with Crippen LogP contribution in [-0.2, 0) is 0 Å². The molecule has 4 aliphatic rings. The number of nitriles is 2. The van der Waals surface area contributed by atoms with Crippen LogP contribution in [0.2, 0.25) is 0 Å². The van der Waals surface area contributed by atoms with Crippen molar-refractivity contribution < 1.29 is 0 Å². The van der Waals surface area contributed by atoms with Crippen LogP contribution >= 0.6 is 0 Å². The molecule has 0 aromatic rings. The fourth-order valence-corrected chi connectivity index (χ4v) is 9.15. The smallest absolute Gasteiger partial charge is 0.0762 e. The molecule has 0 aromatic heterocycles. The number of nitrogens with zero attached hydrogens (tertiary/aromatic N) is 2. The Morgan fingerprint density at radius 2 is 1.06 bits per heavy atom. The average Bonchev–Trinajstić information content (AvgIpc) is 2.89. The van der Waals surface area contributed by atoms with Crippen molar-refractivity contribution in [2.24, 2.45) is 46.3 Å². The van der Waals surface area contributed by atoms with E-state index in [9.17, 15) is 10.5 Å². The van der Waals surface area contributed by atoms with E-state index in [-0.39, 0.29) is 10.8 Å². The summed E-state index contributed by atoms with van der Waals surface area (Å²) in [5.41, 5.74) is -0.769. The van der Waals surface area contributed by atoms with E-state index in [0.717, 1.165) is 49.4 Å². The first-order valence-electron chi connectivity index (χ1n) is 14.9. The highest BCUT2D eigenvalue weighted by molar-refractivity contribution is 5.21. The van der Waals surface area contributed by atoms with Gasteiger partial charge >= 0.3 is 0 Å². The van der Waals surface area contributed by atoms with Crippen molar-refractivity contribution in [2.45, 2.75) is 136 Å². The van der Waals surface area contributed by atoms with Crippen LogP contribution in [0.4, 0.5) is 0 Å². The third-order valence-electron chi connectivity index (χ3n) is 11.3. The normalized spacial score (nSPS) is 44.5. The van der Waals surface area contributed by atoms with Crippen LogP contribution in [0.1, 0.15) is 136 Å².